The maximum atomic E-state index is 10.4. The summed E-state index contributed by atoms with van der Waals surface area (Å²) in [6.45, 7) is 2.11. The molecule has 0 N–H and O–H groups in total. The standard InChI is InChI=1S/C12H15BrO2/c1-3-9-7-10(5-4-6-14)12(15-2)11(13)8-9/h6-8H,3-5H2,1-2H3. The summed E-state index contributed by atoms with van der Waals surface area (Å²) < 4.78 is 6.27. The molecule has 0 heterocycles. The zero-order valence-electron chi connectivity index (χ0n) is 9.05. The number of carbonyl (C=O) groups excluding carboxylic acids is 1. The normalized spacial score (nSPS) is 10.1. The number of benzene rings is 1. The van der Waals surface area contributed by atoms with Crippen molar-refractivity contribution in [2.75, 3.05) is 7.11 Å². The van der Waals surface area contributed by atoms with Crippen molar-refractivity contribution in [1.29, 1.82) is 0 Å². The first-order valence-corrected chi connectivity index (χ1v) is 5.81. The Morgan fingerprint density at radius 1 is 1.47 bits per heavy atom. The molecule has 0 aromatic heterocycles. The highest BCUT2D eigenvalue weighted by molar-refractivity contribution is 9.10. The van der Waals surface area contributed by atoms with Gasteiger partial charge in [0, 0.05) is 6.42 Å². The largest absolute Gasteiger partial charge is 0.495 e. The zero-order valence-corrected chi connectivity index (χ0v) is 10.6. The Hall–Kier alpha value is -0.830. The molecule has 1 aromatic carbocycles. The van der Waals surface area contributed by atoms with Crippen molar-refractivity contribution in [1.82, 2.24) is 0 Å². The zero-order chi connectivity index (χ0) is 11.3. The molecule has 2 nitrogen and oxygen atoms in total. The predicted molar refractivity (Wildman–Crippen MR) is 64.5 cm³/mol. The predicted octanol–water partition coefficient (Wildman–Crippen LogP) is 3.15. The Bertz CT molecular complexity index is 348. The van der Waals surface area contributed by atoms with Gasteiger partial charge in [0.05, 0.1) is 11.6 Å². The van der Waals surface area contributed by atoms with Gasteiger partial charge in [0.25, 0.3) is 0 Å². The van der Waals surface area contributed by atoms with Crippen LogP contribution < -0.4 is 4.74 Å². The Morgan fingerprint density at radius 2 is 2.20 bits per heavy atom. The molecule has 0 saturated carbocycles. The van der Waals surface area contributed by atoms with Gasteiger partial charge in [-0.2, -0.15) is 0 Å². The Labute approximate surface area is 98.8 Å². The van der Waals surface area contributed by atoms with Gasteiger partial charge >= 0.3 is 0 Å². The van der Waals surface area contributed by atoms with E-state index in [9.17, 15) is 4.79 Å². The fourth-order valence-corrected chi connectivity index (χ4v) is 2.26. The lowest BCUT2D eigenvalue weighted by atomic mass is 10.0. The van der Waals surface area contributed by atoms with Gasteiger partial charge < -0.3 is 9.53 Å². The number of hydrogen-bond donors (Lipinski definition) is 0. The van der Waals surface area contributed by atoms with Gasteiger partial charge in [0.2, 0.25) is 0 Å². The van der Waals surface area contributed by atoms with E-state index >= 15 is 0 Å². The van der Waals surface area contributed by atoms with Crippen LogP contribution in [0.25, 0.3) is 0 Å². The molecular formula is C12H15BrO2. The summed E-state index contributed by atoms with van der Waals surface area (Å²) in [7, 11) is 1.65. The average molecular weight is 271 g/mol. The molecule has 0 fully saturated rings. The molecule has 0 aliphatic heterocycles. The summed E-state index contributed by atoms with van der Waals surface area (Å²) in [5.74, 6) is 0.842. The number of methoxy groups -OCH3 is 1. The molecule has 0 radical (unpaired) electrons. The molecule has 0 bridgehead atoms. The third-order valence-electron chi connectivity index (χ3n) is 2.32. The molecule has 82 valence electrons. The molecule has 0 atom stereocenters. The van der Waals surface area contributed by atoms with E-state index in [1.54, 1.807) is 7.11 Å². The molecule has 1 aromatic rings. The molecule has 0 saturated heterocycles. The first-order valence-electron chi connectivity index (χ1n) is 5.01. The van der Waals surface area contributed by atoms with E-state index in [1.165, 1.54) is 5.56 Å². The van der Waals surface area contributed by atoms with Crippen LogP contribution in [0.5, 0.6) is 5.75 Å². The molecule has 0 aliphatic carbocycles. The number of aldehydes is 1. The van der Waals surface area contributed by atoms with E-state index in [1.807, 2.05) is 0 Å². The Balaban J connectivity index is 3.07. The minimum atomic E-state index is 0.538. The van der Waals surface area contributed by atoms with E-state index in [0.717, 1.165) is 34.9 Å². The van der Waals surface area contributed by atoms with Gasteiger partial charge in [-0.05, 0) is 46.0 Å². The highest BCUT2D eigenvalue weighted by atomic mass is 79.9. The Morgan fingerprint density at radius 3 is 2.73 bits per heavy atom. The van der Waals surface area contributed by atoms with Crippen LogP contribution in [-0.2, 0) is 17.6 Å². The maximum Gasteiger partial charge on any atom is 0.136 e. The summed E-state index contributed by atoms with van der Waals surface area (Å²) in [6.07, 6.45) is 3.19. The summed E-state index contributed by atoms with van der Waals surface area (Å²) >= 11 is 3.48. The van der Waals surface area contributed by atoms with Crippen LogP contribution in [0.3, 0.4) is 0 Å². The van der Waals surface area contributed by atoms with Crippen LogP contribution in [0.2, 0.25) is 0 Å². The van der Waals surface area contributed by atoms with E-state index in [2.05, 4.69) is 35.0 Å². The number of halogens is 1. The second-order valence-electron chi connectivity index (χ2n) is 3.33. The minimum Gasteiger partial charge on any atom is -0.495 e. The first kappa shape index (κ1) is 12.2. The van der Waals surface area contributed by atoms with Crippen LogP contribution in [0, 0.1) is 0 Å². The van der Waals surface area contributed by atoms with Crippen LogP contribution in [0.1, 0.15) is 24.5 Å². The SMILES string of the molecule is CCc1cc(Br)c(OC)c(CCC=O)c1. The number of aryl methyl sites for hydroxylation is 2. The van der Waals surface area contributed by atoms with Crippen LogP contribution in [0.15, 0.2) is 16.6 Å². The number of ether oxygens (including phenoxy) is 1. The van der Waals surface area contributed by atoms with Crippen molar-refractivity contribution in [3.8, 4) is 5.75 Å². The molecule has 0 amide bonds. The molecule has 15 heavy (non-hydrogen) atoms. The highest BCUT2D eigenvalue weighted by Gasteiger charge is 2.08. The molecule has 0 unspecified atom stereocenters. The van der Waals surface area contributed by atoms with E-state index in [0.29, 0.717) is 6.42 Å². The number of carbonyl (C=O) groups is 1. The molecule has 1 rings (SSSR count). The first-order chi connectivity index (χ1) is 7.22. The maximum absolute atomic E-state index is 10.4. The van der Waals surface area contributed by atoms with Crippen molar-refractivity contribution in [3.63, 3.8) is 0 Å². The van der Waals surface area contributed by atoms with Gasteiger partial charge in [-0.3, -0.25) is 0 Å². The third kappa shape index (κ3) is 3.06. The van der Waals surface area contributed by atoms with Crippen molar-refractivity contribution in [2.45, 2.75) is 26.2 Å². The molecule has 0 aliphatic rings. The lowest BCUT2D eigenvalue weighted by molar-refractivity contribution is -0.107. The van der Waals surface area contributed by atoms with Gasteiger partial charge in [-0.25, -0.2) is 0 Å². The Kier molecular flexibility index (Phi) is 4.82. The fraction of sp³-hybridized carbons (Fsp3) is 0.417. The lowest BCUT2D eigenvalue weighted by Crippen LogP contribution is -1.96. The molecule has 0 spiro atoms. The van der Waals surface area contributed by atoms with Crippen LogP contribution in [0.4, 0.5) is 0 Å². The summed E-state index contributed by atoms with van der Waals surface area (Å²) in [6, 6.07) is 4.16. The van der Waals surface area contributed by atoms with E-state index in [-0.39, 0.29) is 0 Å². The second kappa shape index (κ2) is 5.91. The van der Waals surface area contributed by atoms with Crippen molar-refractivity contribution in [3.05, 3.63) is 27.7 Å². The van der Waals surface area contributed by atoms with Crippen LogP contribution >= 0.6 is 15.9 Å². The third-order valence-corrected chi connectivity index (χ3v) is 2.91. The summed E-state index contributed by atoms with van der Waals surface area (Å²) in [5, 5.41) is 0. The number of hydrogen-bond acceptors (Lipinski definition) is 2. The van der Waals surface area contributed by atoms with E-state index < -0.39 is 0 Å². The number of rotatable bonds is 5. The van der Waals surface area contributed by atoms with Gasteiger partial charge in [0.15, 0.2) is 0 Å². The fourth-order valence-electron chi connectivity index (χ4n) is 1.55. The van der Waals surface area contributed by atoms with Crippen LogP contribution in [-0.4, -0.2) is 13.4 Å². The lowest BCUT2D eigenvalue weighted by Gasteiger charge is -2.11. The smallest absolute Gasteiger partial charge is 0.136 e. The molecular weight excluding hydrogens is 256 g/mol. The van der Waals surface area contributed by atoms with Crippen molar-refractivity contribution >= 4 is 22.2 Å². The average Bonchev–Trinajstić information content (AvgIpc) is 2.25. The summed E-state index contributed by atoms with van der Waals surface area (Å²) in [5.41, 5.74) is 2.35. The van der Waals surface area contributed by atoms with Gasteiger partial charge in [-0.1, -0.05) is 13.0 Å². The summed E-state index contributed by atoms with van der Waals surface area (Å²) in [4.78, 5) is 10.4. The van der Waals surface area contributed by atoms with Crippen molar-refractivity contribution < 1.29 is 9.53 Å². The van der Waals surface area contributed by atoms with E-state index in [4.69, 9.17) is 4.74 Å². The highest BCUT2D eigenvalue weighted by Crippen LogP contribution is 2.31. The second-order valence-corrected chi connectivity index (χ2v) is 4.18. The minimum absolute atomic E-state index is 0.538. The molecule has 3 heteroatoms. The quantitative estimate of drug-likeness (QED) is 0.769. The van der Waals surface area contributed by atoms with Gasteiger partial charge in [0.1, 0.15) is 12.0 Å². The monoisotopic (exact) mass is 270 g/mol. The topological polar surface area (TPSA) is 26.3 Å². The van der Waals surface area contributed by atoms with Gasteiger partial charge in [-0.15, -0.1) is 0 Å². The van der Waals surface area contributed by atoms with Crippen molar-refractivity contribution in [2.24, 2.45) is 0 Å².